The normalized spacial score (nSPS) is 33.5. The number of hydrogen-bond donors (Lipinski definition) is 1. The zero-order chi connectivity index (χ0) is 29.7. The van der Waals surface area contributed by atoms with Crippen LogP contribution >= 0.6 is 12.4 Å². The summed E-state index contributed by atoms with van der Waals surface area (Å²) in [5.74, 6) is 3.92. The molecule has 1 saturated heterocycles. The van der Waals surface area contributed by atoms with E-state index < -0.39 is 5.60 Å². The van der Waals surface area contributed by atoms with E-state index in [1.54, 1.807) is 14.2 Å². The molecule has 2 spiro atoms. The van der Waals surface area contributed by atoms with Gasteiger partial charge in [-0.25, -0.2) is 0 Å². The number of nitrogens with zero attached hydrogens (tertiary/aromatic N) is 1. The van der Waals surface area contributed by atoms with E-state index in [2.05, 4.69) is 58.7 Å². The zero-order valence-corrected chi connectivity index (χ0v) is 27.5. The molecular formula is C38H45ClN2O4. The first kappa shape index (κ1) is 29.5. The van der Waals surface area contributed by atoms with Crippen LogP contribution in [0.4, 0.5) is 5.69 Å². The highest BCUT2D eigenvalue weighted by Gasteiger charge is 2.80. The van der Waals surface area contributed by atoms with Crippen molar-refractivity contribution >= 4 is 18.1 Å². The highest BCUT2D eigenvalue weighted by Crippen LogP contribution is 2.78. The molecule has 4 bridgehead atoms. The van der Waals surface area contributed by atoms with E-state index in [4.69, 9.17) is 18.9 Å². The van der Waals surface area contributed by atoms with Crippen molar-refractivity contribution in [3.05, 3.63) is 82.9 Å². The van der Waals surface area contributed by atoms with Crippen LogP contribution in [0.1, 0.15) is 66.7 Å². The molecule has 3 aromatic carbocycles. The smallest absolute Gasteiger partial charge is 0.165 e. The number of hydrogen-bond acceptors (Lipinski definition) is 6. The van der Waals surface area contributed by atoms with Crippen molar-refractivity contribution in [1.29, 1.82) is 0 Å². The molecular weight excluding hydrogens is 584 g/mol. The maximum atomic E-state index is 7.26. The van der Waals surface area contributed by atoms with Crippen LogP contribution < -0.4 is 19.5 Å². The van der Waals surface area contributed by atoms with Crippen molar-refractivity contribution in [2.24, 2.45) is 11.3 Å². The molecule has 2 aliphatic heterocycles. The maximum absolute atomic E-state index is 7.26. The van der Waals surface area contributed by atoms with Crippen LogP contribution in [0.2, 0.25) is 0 Å². The van der Waals surface area contributed by atoms with Gasteiger partial charge in [0.25, 0.3) is 0 Å². The third kappa shape index (κ3) is 3.94. The molecule has 1 N–H and O–H groups in total. The summed E-state index contributed by atoms with van der Waals surface area (Å²) in [6.45, 7) is 3.19. The Labute approximate surface area is 273 Å². The van der Waals surface area contributed by atoms with Gasteiger partial charge in [-0.3, -0.25) is 4.90 Å². The molecule has 2 heterocycles. The molecule has 7 heteroatoms. The van der Waals surface area contributed by atoms with E-state index in [-0.39, 0.29) is 35.3 Å². The monoisotopic (exact) mass is 628 g/mol. The first-order valence-corrected chi connectivity index (χ1v) is 16.7. The van der Waals surface area contributed by atoms with E-state index in [1.165, 1.54) is 48.1 Å². The number of piperidine rings is 1. The van der Waals surface area contributed by atoms with Crippen molar-refractivity contribution in [3.8, 4) is 17.2 Å². The van der Waals surface area contributed by atoms with Crippen LogP contribution in [-0.2, 0) is 23.1 Å². The molecule has 4 saturated carbocycles. The summed E-state index contributed by atoms with van der Waals surface area (Å²) in [5.41, 5.74) is 6.45. The third-order valence-corrected chi connectivity index (χ3v) is 12.8. The van der Waals surface area contributed by atoms with Crippen LogP contribution in [-0.4, -0.2) is 57.1 Å². The second kappa shape index (κ2) is 10.5. The highest BCUT2D eigenvalue weighted by atomic mass is 35.5. The van der Waals surface area contributed by atoms with Crippen molar-refractivity contribution in [2.45, 2.75) is 80.6 Å². The number of anilines is 1. The lowest BCUT2D eigenvalue weighted by atomic mass is 9.34. The minimum atomic E-state index is -0.391. The van der Waals surface area contributed by atoms with Gasteiger partial charge >= 0.3 is 0 Å². The maximum Gasteiger partial charge on any atom is 0.165 e. The fraction of sp³-hybridized carbons (Fsp3) is 0.526. The van der Waals surface area contributed by atoms with E-state index >= 15 is 0 Å². The number of rotatable bonds is 9. The Morgan fingerprint density at radius 1 is 0.956 bits per heavy atom. The molecule has 6 atom stereocenters. The number of halogens is 1. The van der Waals surface area contributed by atoms with E-state index in [9.17, 15) is 0 Å². The summed E-state index contributed by atoms with van der Waals surface area (Å²) < 4.78 is 25.4. The number of fused-ring (bicyclic) bond motifs is 2. The Kier molecular flexibility index (Phi) is 6.91. The lowest BCUT2D eigenvalue weighted by Gasteiger charge is -2.74. The average molecular weight is 629 g/mol. The summed E-state index contributed by atoms with van der Waals surface area (Å²) in [7, 11) is 5.44. The molecule has 6 nitrogen and oxygen atoms in total. The Bertz CT molecular complexity index is 1610. The molecule has 10 rings (SSSR count). The molecule has 0 radical (unpaired) electrons. The van der Waals surface area contributed by atoms with E-state index in [0.717, 1.165) is 67.6 Å². The number of methoxy groups -OCH3 is 3. The molecule has 0 aromatic heterocycles. The van der Waals surface area contributed by atoms with Gasteiger partial charge in [0.2, 0.25) is 0 Å². The van der Waals surface area contributed by atoms with E-state index in [0.29, 0.717) is 6.04 Å². The summed E-state index contributed by atoms with van der Waals surface area (Å²) in [5, 5.41) is 3.70. The second-order valence-corrected chi connectivity index (χ2v) is 14.4. The summed E-state index contributed by atoms with van der Waals surface area (Å²) in [6.07, 6.45) is 8.43. The minimum absolute atomic E-state index is 0. The summed E-state index contributed by atoms with van der Waals surface area (Å²) in [6, 6.07) is 22.5. The second-order valence-electron chi connectivity index (χ2n) is 14.4. The van der Waals surface area contributed by atoms with Gasteiger partial charge in [0.1, 0.15) is 17.5 Å². The lowest BCUT2D eigenvalue weighted by molar-refractivity contribution is -0.261. The van der Waals surface area contributed by atoms with Crippen LogP contribution in [0, 0.1) is 11.3 Å². The fourth-order valence-electron chi connectivity index (χ4n) is 10.7. The van der Waals surface area contributed by atoms with Crippen molar-refractivity contribution < 1.29 is 18.9 Å². The van der Waals surface area contributed by atoms with Crippen LogP contribution in [0.25, 0.3) is 0 Å². The molecule has 0 amide bonds. The van der Waals surface area contributed by atoms with Crippen molar-refractivity contribution in [2.75, 3.05) is 39.7 Å². The number of ether oxygens (including phenoxy) is 4. The zero-order valence-electron chi connectivity index (χ0n) is 26.6. The Morgan fingerprint density at radius 2 is 1.80 bits per heavy atom. The summed E-state index contributed by atoms with van der Waals surface area (Å²) >= 11 is 0. The van der Waals surface area contributed by atoms with Gasteiger partial charge in [-0.1, -0.05) is 30.3 Å². The van der Waals surface area contributed by atoms with Crippen molar-refractivity contribution in [1.82, 2.24) is 4.90 Å². The SMILES string of the molecule is COc1ccc(CNc2cccc([C@H]3C[C@@]45CC[C@]3(OC)[C@@H]3Oc6c(OC)ccc7c6[C@@]34CCN(CC3CC3)[C@@H]5C7)c2)cc1.Cl. The standard InChI is InChI=1S/C38H44N2O4.ClH/c1-41-29-12-9-24(10-13-29)22-39-28-6-4-5-26(19-28)30-21-36-15-16-38(30,43-3)35-37(36)17-18-40(23-25-7-8-25)32(36)20-27-11-14-31(42-2)34(44-35)33(27)37;/h4-6,9-14,19,25,30,32,35,39H,7-8,15-18,20-23H2,1-3H3;1H/t30-,32-,35-,36-,37+,38-;/m1./s1. The van der Waals surface area contributed by atoms with Gasteiger partial charge in [-0.05, 0) is 104 Å². The first-order chi connectivity index (χ1) is 21.5. The van der Waals surface area contributed by atoms with Crippen LogP contribution in [0.3, 0.4) is 0 Å². The van der Waals surface area contributed by atoms with Crippen LogP contribution in [0.5, 0.6) is 17.2 Å². The summed E-state index contributed by atoms with van der Waals surface area (Å²) in [4.78, 5) is 2.92. The first-order valence-electron chi connectivity index (χ1n) is 16.7. The van der Waals surface area contributed by atoms with Crippen LogP contribution in [0.15, 0.2) is 60.7 Å². The Balaban J connectivity index is 0.00000300. The molecule has 5 fully saturated rings. The van der Waals surface area contributed by atoms with Gasteiger partial charge < -0.3 is 24.3 Å². The third-order valence-electron chi connectivity index (χ3n) is 12.8. The largest absolute Gasteiger partial charge is 0.497 e. The predicted octanol–water partition coefficient (Wildman–Crippen LogP) is 7.13. The Hall–Kier alpha value is -2.93. The lowest BCUT2D eigenvalue weighted by Crippen LogP contribution is -2.80. The number of benzene rings is 3. The molecule has 0 unspecified atom stereocenters. The molecule has 3 aromatic rings. The average Bonchev–Trinajstić information content (AvgIpc) is 3.82. The van der Waals surface area contributed by atoms with E-state index in [1.807, 2.05) is 19.2 Å². The van der Waals surface area contributed by atoms with Gasteiger partial charge in [-0.15, -0.1) is 12.4 Å². The quantitative estimate of drug-likeness (QED) is 0.272. The fourth-order valence-corrected chi connectivity index (χ4v) is 10.7. The molecule has 45 heavy (non-hydrogen) atoms. The number of nitrogens with one attached hydrogen (secondary N) is 1. The topological polar surface area (TPSA) is 52.2 Å². The van der Waals surface area contributed by atoms with Gasteiger partial charge in [0, 0.05) is 54.2 Å². The minimum Gasteiger partial charge on any atom is -0.497 e. The highest BCUT2D eigenvalue weighted by molar-refractivity contribution is 5.85. The number of likely N-dealkylation sites (tertiary alicyclic amines) is 1. The van der Waals surface area contributed by atoms with Crippen molar-refractivity contribution in [3.63, 3.8) is 0 Å². The predicted molar refractivity (Wildman–Crippen MR) is 178 cm³/mol. The molecule has 238 valence electrons. The van der Waals surface area contributed by atoms with Gasteiger partial charge in [0.05, 0.1) is 14.2 Å². The molecule has 7 aliphatic rings. The molecule has 5 aliphatic carbocycles. The van der Waals surface area contributed by atoms with Gasteiger partial charge in [-0.2, -0.15) is 0 Å². The van der Waals surface area contributed by atoms with Gasteiger partial charge in [0.15, 0.2) is 11.5 Å². The Morgan fingerprint density at radius 3 is 2.56 bits per heavy atom.